The molecule has 0 aliphatic heterocycles. The van der Waals surface area contributed by atoms with Crippen molar-refractivity contribution in [3.05, 3.63) is 59.2 Å². The molecule has 3 aromatic rings. The molecule has 0 spiro atoms. The van der Waals surface area contributed by atoms with Crippen LogP contribution in [0.15, 0.2) is 57.9 Å². The van der Waals surface area contributed by atoms with Crippen LogP contribution in [0.1, 0.15) is 12.8 Å². The number of pyridine rings is 1. The van der Waals surface area contributed by atoms with Gasteiger partial charge in [-0.25, -0.2) is 9.78 Å². The number of carbonyl (C=O) groups is 1. The van der Waals surface area contributed by atoms with E-state index in [-0.39, 0.29) is 5.91 Å². The Morgan fingerprint density at radius 1 is 1.18 bits per heavy atom. The van der Waals surface area contributed by atoms with Crippen molar-refractivity contribution in [1.29, 1.82) is 0 Å². The topological polar surface area (TPSA) is 77.1 Å². The minimum Gasteiger partial charge on any atom is -0.408 e. The number of para-hydroxylation sites is 2. The second kappa shape index (κ2) is 6.26. The lowest BCUT2D eigenvalue weighted by Gasteiger charge is -2.04. The van der Waals surface area contributed by atoms with Gasteiger partial charge in [-0.2, -0.15) is 0 Å². The van der Waals surface area contributed by atoms with Crippen molar-refractivity contribution >= 4 is 22.8 Å². The molecule has 1 amide bonds. The number of rotatable bonds is 5. The molecule has 6 heteroatoms. The van der Waals surface area contributed by atoms with Gasteiger partial charge < -0.3 is 9.73 Å². The minimum atomic E-state index is -0.397. The lowest BCUT2D eigenvalue weighted by molar-refractivity contribution is -0.116. The fraction of sp³-hybridized carbons (Fsp3) is 0.188. The first-order chi connectivity index (χ1) is 10.7. The number of fused-ring (bicyclic) bond motifs is 1. The Morgan fingerprint density at radius 2 is 2.00 bits per heavy atom. The average Bonchev–Trinajstić information content (AvgIpc) is 2.84. The Hall–Kier alpha value is -2.89. The summed E-state index contributed by atoms with van der Waals surface area (Å²) in [6, 6.07) is 12.6. The number of amides is 1. The van der Waals surface area contributed by atoms with Gasteiger partial charge in [-0.1, -0.05) is 18.2 Å². The van der Waals surface area contributed by atoms with E-state index in [1.165, 1.54) is 0 Å². The predicted octanol–water partition coefficient (Wildman–Crippen LogP) is 2.41. The fourth-order valence-corrected chi connectivity index (χ4v) is 2.27. The summed E-state index contributed by atoms with van der Waals surface area (Å²) in [4.78, 5) is 27.6. The second-order valence-electron chi connectivity index (χ2n) is 4.85. The third-order valence-corrected chi connectivity index (χ3v) is 3.29. The highest BCUT2D eigenvalue weighted by Crippen LogP contribution is 2.12. The molecule has 0 bridgehead atoms. The minimum absolute atomic E-state index is 0.125. The first-order valence-corrected chi connectivity index (χ1v) is 7.03. The van der Waals surface area contributed by atoms with E-state index in [1.54, 1.807) is 35.0 Å². The van der Waals surface area contributed by atoms with E-state index < -0.39 is 5.76 Å². The van der Waals surface area contributed by atoms with Gasteiger partial charge in [0, 0.05) is 19.2 Å². The monoisotopic (exact) mass is 297 g/mol. The lowest BCUT2D eigenvalue weighted by Crippen LogP contribution is -2.17. The number of hydrogen-bond donors (Lipinski definition) is 1. The van der Waals surface area contributed by atoms with Gasteiger partial charge in [-0.05, 0) is 30.7 Å². The number of aromatic nitrogens is 2. The maximum absolute atomic E-state index is 11.8. The van der Waals surface area contributed by atoms with Crippen LogP contribution in [0.4, 0.5) is 5.82 Å². The van der Waals surface area contributed by atoms with Gasteiger partial charge >= 0.3 is 5.76 Å². The number of nitrogens with zero attached hydrogens (tertiary/aromatic N) is 2. The van der Waals surface area contributed by atoms with Gasteiger partial charge in [0.15, 0.2) is 5.58 Å². The number of hydrogen-bond acceptors (Lipinski definition) is 4. The second-order valence-corrected chi connectivity index (χ2v) is 4.85. The molecule has 1 aromatic carbocycles. The molecule has 0 saturated carbocycles. The number of anilines is 1. The van der Waals surface area contributed by atoms with Crippen molar-refractivity contribution in [2.24, 2.45) is 0 Å². The molecular formula is C16H15N3O3. The van der Waals surface area contributed by atoms with Gasteiger partial charge in [-0.15, -0.1) is 0 Å². The summed E-state index contributed by atoms with van der Waals surface area (Å²) in [5, 5.41) is 2.71. The predicted molar refractivity (Wildman–Crippen MR) is 82.6 cm³/mol. The summed E-state index contributed by atoms with van der Waals surface area (Å²) in [5.74, 6) is 0.00399. The smallest absolute Gasteiger partial charge is 0.408 e. The quantitative estimate of drug-likeness (QED) is 0.784. The average molecular weight is 297 g/mol. The van der Waals surface area contributed by atoms with E-state index in [4.69, 9.17) is 4.42 Å². The molecule has 2 aromatic heterocycles. The highest BCUT2D eigenvalue weighted by molar-refractivity contribution is 5.89. The standard InChI is InChI=1S/C16H15N3O3/c20-15(18-14-8-3-4-10-17-14)9-5-11-19-12-6-1-2-7-13(12)22-16(19)21/h1-4,6-8,10H,5,9,11H2,(H,17,18,20). The molecule has 0 aliphatic rings. The number of nitrogens with one attached hydrogen (secondary N) is 1. The molecule has 6 nitrogen and oxygen atoms in total. The zero-order chi connectivity index (χ0) is 15.4. The highest BCUT2D eigenvalue weighted by Gasteiger charge is 2.09. The molecule has 0 radical (unpaired) electrons. The van der Waals surface area contributed by atoms with Gasteiger partial charge in [0.05, 0.1) is 5.52 Å². The SMILES string of the molecule is O=C(CCCn1c(=O)oc2ccccc21)Nc1ccccn1. The zero-order valence-corrected chi connectivity index (χ0v) is 11.9. The van der Waals surface area contributed by atoms with Crippen molar-refractivity contribution in [2.75, 3.05) is 5.32 Å². The van der Waals surface area contributed by atoms with Crippen molar-refractivity contribution in [3.8, 4) is 0 Å². The van der Waals surface area contributed by atoms with E-state index in [0.29, 0.717) is 30.8 Å². The normalized spacial score (nSPS) is 10.7. The van der Waals surface area contributed by atoms with Crippen molar-refractivity contribution in [3.63, 3.8) is 0 Å². The van der Waals surface area contributed by atoms with Crippen LogP contribution in [0.25, 0.3) is 11.1 Å². The number of benzene rings is 1. The Morgan fingerprint density at radius 3 is 2.82 bits per heavy atom. The molecule has 0 aliphatic carbocycles. The summed E-state index contributed by atoms with van der Waals surface area (Å²) in [6.45, 7) is 0.436. The molecule has 1 N–H and O–H groups in total. The van der Waals surface area contributed by atoms with E-state index in [0.717, 1.165) is 5.52 Å². The van der Waals surface area contributed by atoms with Crippen LogP contribution in [-0.4, -0.2) is 15.5 Å². The summed E-state index contributed by atoms with van der Waals surface area (Å²) in [6.07, 6.45) is 2.47. The molecule has 0 saturated heterocycles. The molecule has 0 atom stereocenters. The third kappa shape index (κ3) is 3.06. The Balaban J connectivity index is 1.59. The number of aryl methyl sites for hydroxylation is 1. The summed E-state index contributed by atoms with van der Waals surface area (Å²) >= 11 is 0. The van der Waals surface area contributed by atoms with Gasteiger partial charge in [0.2, 0.25) is 5.91 Å². The molecule has 0 unspecified atom stereocenters. The lowest BCUT2D eigenvalue weighted by atomic mass is 10.2. The molecule has 3 rings (SSSR count). The molecule has 2 heterocycles. The maximum Gasteiger partial charge on any atom is 0.419 e. The Bertz CT molecular complexity index is 836. The van der Waals surface area contributed by atoms with Crippen LogP contribution in [0, 0.1) is 0 Å². The summed E-state index contributed by atoms with van der Waals surface area (Å²) in [5.41, 5.74) is 1.31. The van der Waals surface area contributed by atoms with E-state index in [9.17, 15) is 9.59 Å². The summed E-state index contributed by atoms with van der Waals surface area (Å²) < 4.78 is 6.69. The zero-order valence-electron chi connectivity index (χ0n) is 11.9. The van der Waals surface area contributed by atoms with E-state index in [1.807, 2.05) is 18.2 Å². The first kappa shape index (κ1) is 14.1. The van der Waals surface area contributed by atoms with Gasteiger partial charge in [-0.3, -0.25) is 9.36 Å². The molecule has 22 heavy (non-hydrogen) atoms. The fourth-order valence-electron chi connectivity index (χ4n) is 2.27. The third-order valence-electron chi connectivity index (χ3n) is 3.29. The largest absolute Gasteiger partial charge is 0.419 e. The van der Waals surface area contributed by atoms with Crippen LogP contribution >= 0.6 is 0 Å². The Kier molecular flexibility index (Phi) is 4.00. The van der Waals surface area contributed by atoms with Crippen molar-refractivity contribution in [2.45, 2.75) is 19.4 Å². The molecule has 0 fully saturated rings. The van der Waals surface area contributed by atoms with Crippen molar-refractivity contribution < 1.29 is 9.21 Å². The van der Waals surface area contributed by atoms with Gasteiger partial charge in [0.25, 0.3) is 0 Å². The highest BCUT2D eigenvalue weighted by atomic mass is 16.4. The van der Waals surface area contributed by atoms with E-state index in [2.05, 4.69) is 10.3 Å². The number of oxazole rings is 1. The van der Waals surface area contributed by atoms with Crippen molar-refractivity contribution in [1.82, 2.24) is 9.55 Å². The summed E-state index contributed by atoms with van der Waals surface area (Å²) in [7, 11) is 0. The van der Waals surface area contributed by atoms with E-state index >= 15 is 0 Å². The van der Waals surface area contributed by atoms with Crippen LogP contribution in [0.2, 0.25) is 0 Å². The van der Waals surface area contributed by atoms with Gasteiger partial charge in [0.1, 0.15) is 5.82 Å². The van der Waals surface area contributed by atoms with Crippen LogP contribution in [0.5, 0.6) is 0 Å². The van der Waals surface area contributed by atoms with Crippen LogP contribution in [-0.2, 0) is 11.3 Å². The molecular weight excluding hydrogens is 282 g/mol. The number of carbonyl (C=O) groups excluding carboxylic acids is 1. The molecule has 112 valence electrons. The Labute approximate surface area is 126 Å². The first-order valence-electron chi connectivity index (χ1n) is 7.03. The maximum atomic E-state index is 11.8. The van der Waals surface area contributed by atoms with Crippen LogP contribution < -0.4 is 11.1 Å². The van der Waals surface area contributed by atoms with Crippen LogP contribution in [0.3, 0.4) is 0 Å².